The highest BCUT2D eigenvalue weighted by Gasteiger charge is 2.29. The molecule has 0 bridgehead atoms. The van der Waals surface area contributed by atoms with Gasteiger partial charge in [0, 0.05) is 12.6 Å². The van der Waals surface area contributed by atoms with Crippen LogP contribution in [-0.2, 0) is 9.53 Å². The Balaban J connectivity index is 0.00000484. The Hall–Kier alpha value is -0.530. The van der Waals surface area contributed by atoms with Crippen molar-refractivity contribution in [2.45, 2.75) is 78.4 Å². The van der Waals surface area contributed by atoms with E-state index in [-0.39, 0.29) is 35.9 Å². The molecular weight excluding hydrogens is 405 g/mol. The van der Waals surface area contributed by atoms with Crippen molar-refractivity contribution in [1.82, 2.24) is 5.32 Å². The lowest BCUT2D eigenvalue weighted by Gasteiger charge is -2.30. The number of halogens is 1. The Morgan fingerprint density at radius 3 is 2.30 bits per heavy atom. The lowest BCUT2D eigenvalue weighted by molar-refractivity contribution is -0.161. The predicted molar refractivity (Wildman–Crippen MR) is 106 cm³/mol. The molecule has 6 heteroatoms. The van der Waals surface area contributed by atoms with E-state index in [1.807, 2.05) is 20.8 Å². The summed E-state index contributed by atoms with van der Waals surface area (Å²) < 4.78 is 5.46. The molecule has 0 radical (unpaired) electrons. The molecular formula is C17H34IN3O2. The smallest absolute Gasteiger partial charge is 0.309 e. The van der Waals surface area contributed by atoms with Gasteiger partial charge in [-0.2, -0.15) is 0 Å². The van der Waals surface area contributed by atoms with Crippen LogP contribution in [0.2, 0.25) is 0 Å². The van der Waals surface area contributed by atoms with Crippen molar-refractivity contribution < 1.29 is 9.53 Å². The molecule has 23 heavy (non-hydrogen) atoms. The number of rotatable bonds is 5. The molecule has 1 aliphatic carbocycles. The first kappa shape index (κ1) is 22.5. The van der Waals surface area contributed by atoms with Crippen LogP contribution in [0, 0.1) is 11.8 Å². The summed E-state index contributed by atoms with van der Waals surface area (Å²) >= 11 is 0. The van der Waals surface area contributed by atoms with E-state index in [4.69, 9.17) is 10.5 Å². The zero-order chi connectivity index (χ0) is 16.8. The summed E-state index contributed by atoms with van der Waals surface area (Å²) in [6, 6.07) is 0.321. The van der Waals surface area contributed by atoms with E-state index < -0.39 is 5.60 Å². The predicted octanol–water partition coefficient (Wildman–Crippen LogP) is 3.46. The van der Waals surface area contributed by atoms with Gasteiger partial charge in [-0.1, -0.05) is 13.8 Å². The summed E-state index contributed by atoms with van der Waals surface area (Å²) in [5, 5.41) is 3.28. The molecule has 0 aliphatic heterocycles. The second-order valence-electron chi connectivity index (χ2n) is 7.68. The minimum atomic E-state index is -0.403. The monoisotopic (exact) mass is 439 g/mol. The third kappa shape index (κ3) is 10.0. The van der Waals surface area contributed by atoms with Crippen LogP contribution in [0.25, 0.3) is 0 Å². The average Bonchev–Trinajstić information content (AvgIpc) is 2.37. The highest BCUT2D eigenvalue weighted by molar-refractivity contribution is 14.0. The summed E-state index contributed by atoms with van der Waals surface area (Å²) in [4.78, 5) is 16.4. The molecule has 0 heterocycles. The zero-order valence-electron chi connectivity index (χ0n) is 15.2. The lowest BCUT2D eigenvalue weighted by Crippen LogP contribution is -2.43. The molecule has 3 N–H and O–H groups in total. The summed E-state index contributed by atoms with van der Waals surface area (Å²) in [6.07, 6.45) is 4.63. The zero-order valence-corrected chi connectivity index (χ0v) is 17.6. The maximum Gasteiger partial charge on any atom is 0.309 e. The molecule has 0 aromatic heterocycles. The van der Waals surface area contributed by atoms with Gasteiger partial charge in [0.05, 0.1) is 5.92 Å². The van der Waals surface area contributed by atoms with Crippen LogP contribution < -0.4 is 11.1 Å². The second kappa shape index (κ2) is 10.4. The number of aliphatic imine (C=N–C) groups is 1. The summed E-state index contributed by atoms with van der Waals surface area (Å²) in [7, 11) is 0. The van der Waals surface area contributed by atoms with Gasteiger partial charge < -0.3 is 15.8 Å². The number of nitrogens with two attached hydrogens (primary N) is 1. The van der Waals surface area contributed by atoms with Crippen LogP contribution in [-0.4, -0.2) is 30.1 Å². The molecule has 0 aromatic rings. The minimum absolute atomic E-state index is 0. The number of esters is 1. The van der Waals surface area contributed by atoms with E-state index in [0.717, 1.165) is 38.6 Å². The largest absolute Gasteiger partial charge is 0.460 e. The van der Waals surface area contributed by atoms with Crippen molar-refractivity contribution in [2.75, 3.05) is 6.54 Å². The van der Waals surface area contributed by atoms with Crippen molar-refractivity contribution >= 4 is 35.9 Å². The molecule has 0 amide bonds. The number of carbonyl (C=O) groups excluding carboxylic acids is 1. The van der Waals surface area contributed by atoms with Gasteiger partial charge in [0.25, 0.3) is 0 Å². The van der Waals surface area contributed by atoms with Gasteiger partial charge in [0.15, 0.2) is 5.96 Å². The first-order valence-corrected chi connectivity index (χ1v) is 8.46. The first-order chi connectivity index (χ1) is 10.2. The standard InChI is InChI=1S/C17H33N3O2.HI/c1-12(2)10-11-19-16(18)20-14-8-6-13(7-9-14)15(21)22-17(3,4)5;/h12-14H,6-11H2,1-5H3,(H3,18,19,20);1H. The van der Waals surface area contributed by atoms with Crippen molar-refractivity contribution in [3.05, 3.63) is 0 Å². The van der Waals surface area contributed by atoms with Gasteiger partial charge in [0.1, 0.15) is 5.60 Å². The third-order valence-corrected chi connectivity index (χ3v) is 3.81. The summed E-state index contributed by atoms with van der Waals surface area (Å²) in [5.74, 6) is 1.13. The summed E-state index contributed by atoms with van der Waals surface area (Å²) in [6.45, 7) is 10.9. The Morgan fingerprint density at radius 2 is 1.83 bits per heavy atom. The van der Waals surface area contributed by atoms with E-state index in [1.54, 1.807) is 0 Å². The Labute approximate surface area is 158 Å². The molecule has 1 saturated carbocycles. The van der Waals surface area contributed by atoms with Crippen molar-refractivity contribution in [3.8, 4) is 0 Å². The Kier molecular flexibility index (Phi) is 10.1. The van der Waals surface area contributed by atoms with Crippen LogP contribution in [0.5, 0.6) is 0 Å². The molecule has 0 unspecified atom stereocenters. The van der Waals surface area contributed by atoms with Gasteiger partial charge in [-0.3, -0.25) is 9.79 Å². The van der Waals surface area contributed by atoms with Crippen LogP contribution in [0.1, 0.15) is 66.7 Å². The van der Waals surface area contributed by atoms with Gasteiger partial charge in [0.2, 0.25) is 0 Å². The molecule has 0 saturated heterocycles. The number of ether oxygens (including phenoxy) is 1. The molecule has 1 fully saturated rings. The fourth-order valence-corrected chi connectivity index (χ4v) is 2.56. The van der Waals surface area contributed by atoms with Crippen LogP contribution in [0.15, 0.2) is 4.99 Å². The number of nitrogens with one attached hydrogen (secondary N) is 1. The van der Waals surface area contributed by atoms with E-state index in [1.165, 1.54) is 0 Å². The number of nitrogens with zero attached hydrogens (tertiary/aromatic N) is 1. The maximum absolute atomic E-state index is 12.1. The lowest BCUT2D eigenvalue weighted by atomic mass is 9.86. The highest BCUT2D eigenvalue weighted by Crippen LogP contribution is 2.26. The SMILES string of the molecule is CC(C)CCN=C(N)NC1CCC(C(=O)OC(C)(C)C)CC1.I. The van der Waals surface area contributed by atoms with Gasteiger partial charge in [-0.15, -0.1) is 24.0 Å². The fourth-order valence-electron chi connectivity index (χ4n) is 2.56. The topological polar surface area (TPSA) is 76.7 Å². The Bertz CT molecular complexity index is 384. The molecule has 0 spiro atoms. The highest BCUT2D eigenvalue weighted by atomic mass is 127. The first-order valence-electron chi connectivity index (χ1n) is 8.46. The molecule has 5 nitrogen and oxygen atoms in total. The minimum Gasteiger partial charge on any atom is -0.460 e. The van der Waals surface area contributed by atoms with Crippen molar-refractivity contribution in [2.24, 2.45) is 22.6 Å². The number of hydrogen-bond acceptors (Lipinski definition) is 3. The number of guanidine groups is 1. The van der Waals surface area contributed by atoms with E-state index >= 15 is 0 Å². The van der Waals surface area contributed by atoms with Crippen molar-refractivity contribution in [3.63, 3.8) is 0 Å². The van der Waals surface area contributed by atoms with Crippen LogP contribution >= 0.6 is 24.0 Å². The normalized spacial score (nSPS) is 22.4. The maximum atomic E-state index is 12.1. The van der Waals surface area contributed by atoms with Crippen LogP contribution in [0.4, 0.5) is 0 Å². The molecule has 1 rings (SSSR count). The van der Waals surface area contributed by atoms with E-state index in [0.29, 0.717) is 17.9 Å². The quantitative estimate of drug-likeness (QED) is 0.298. The fraction of sp³-hybridized carbons (Fsp3) is 0.882. The van der Waals surface area contributed by atoms with Crippen LogP contribution in [0.3, 0.4) is 0 Å². The molecule has 1 aliphatic rings. The molecule has 136 valence electrons. The average molecular weight is 439 g/mol. The van der Waals surface area contributed by atoms with Crippen molar-refractivity contribution in [1.29, 1.82) is 0 Å². The summed E-state index contributed by atoms with van der Waals surface area (Å²) in [5.41, 5.74) is 5.51. The van der Waals surface area contributed by atoms with Gasteiger partial charge in [-0.25, -0.2) is 0 Å². The third-order valence-electron chi connectivity index (χ3n) is 3.81. The Morgan fingerprint density at radius 1 is 1.26 bits per heavy atom. The number of carbonyl (C=O) groups is 1. The van der Waals surface area contributed by atoms with E-state index in [9.17, 15) is 4.79 Å². The second-order valence-corrected chi connectivity index (χ2v) is 7.68. The molecule has 0 aromatic carbocycles. The molecule has 0 atom stereocenters. The van der Waals surface area contributed by atoms with E-state index in [2.05, 4.69) is 24.2 Å². The van der Waals surface area contributed by atoms with Gasteiger partial charge in [-0.05, 0) is 58.8 Å². The van der Waals surface area contributed by atoms with Gasteiger partial charge >= 0.3 is 5.97 Å². The number of hydrogen-bond donors (Lipinski definition) is 2.